The molecule has 186 valence electrons. The molecule has 2 heterocycles. The summed E-state index contributed by atoms with van der Waals surface area (Å²) >= 11 is 0. The summed E-state index contributed by atoms with van der Waals surface area (Å²) in [5, 5.41) is 6.92. The Morgan fingerprint density at radius 2 is 1.89 bits per heavy atom. The Morgan fingerprint density at radius 1 is 1.11 bits per heavy atom. The van der Waals surface area contributed by atoms with Crippen LogP contribution in [0.3, 0.4) is 0 Å². The predicted octanol–water partition coefficient (Wildman–Crippen LogP) is 3.64. The third kappa shape index (κ3) is 6.82. The van der Waals surface area contributed by atoms with Crippen LogP contribution < -0.4 is 15.4 Å². The molecule has 3 N–H and O–H groups in total. The normalized spacial score (nSPS) is 15.2. The molecule has 1 saturated carbocycles. The lowest BCUT2D eigenvalue weighted by Gasteiger charge is -2.25. The second-order valence-electron chi connectivity index (χ2n) is 9.49. The number of aromatic amines is 1. The van der Waals surface area contributed by atoms with Crippen molar-refractivity contribution in [2.45, 2.75) is 44.6 Å². The van der Waals surface area contributed by atoms with E-state index in [2.05, 4.69) is 20.6 Å². The number of hydrogen-bond acceptors (Lipinski definition) is 5. The third-order valence-corrected chi connectivity index (χ3v) is 6.48. The lowest BCUT2D eigenvalue weighted by molar-refractivity contribution is -0.131. The van der Waals surface area contributed by atoms with E-state index in [0.29, 0.717) is 18.7 Å². The number of fused-ring (bicyclic) bond motifs is 1. The predicted molar refractivity (Wildman–Crippen MR) is 136 cm³/mol. The number of amides is 2. The minimum atomic E-state index is -0.613. The first-order valence-corrected chi connectivity index (χ1v) is 12.4. The molecule has 1 aliphatic rings. The molecule has 3 aromatic rings. The van der Waals surface area contributed by atoms with Gasteiger partial charge in [0.15, 0.2) is 0 Å². The number of aromatic nitrogens is 2. The van der Waals surface area contributed by atoms with Crippen molar-refractivity contribution in [2.24, 2.45) is 5.92 Å². The van der Waals surface area contributed by atoms with Crippen molar-refractivity contribution < 1.29 is 14.3 Å². The quantitative estimate of drug-likeness (QED) is 0.414. The third-order valence-electron chi connectivity index (χ3n) is 6.48. The Morgan fingerprint density at radius 3 is 2.63 bits per heavy atom. The molecule has 8 nitrogen and oxygen atoms in total. The number of carbonyl (C=O) groups excluding carboxylic acids is 2. The molecular weight excluding hydrogens is 442 g/mol. The molecule has 1 unspecified atom stereocenters. The molecule has 8 heteroatoms. The van der Waals surface area contributed by atoms with E-state index >= 15 is 0 Å². The van der Waals surface area contributed by atoms with Crippen molar-refractivity contribution in [1.29, 1.82) is 0 Å². The monoisotopic (exact) mass is 477 g/mol. The molecule has 1 fully saturated rings. The second kappa shape index (κ2) is 11.8. The second-order valence-corrected chi connectivity index (χ2v) is 9.49. The molecule has 2 aromatic heterocycles. The highest BCUT2D eigenvalue weighted by atomic mass is 16.5. The number of carbonyl (C=O) groups is 2. The van der Waals surface area contributed by atoms with Crippen molar-refractivity contribution in [3.05, 3.63) is 54.4 Å². The molecule has 0 saturated heterocycles. The molecule has 1 atom stereocenters. The fourth-order valence-electron chi connectivity index (χ4n) is 4.47. The summed E-state index contributed by atoms with van der Waals surface area (Å²) in [6.07, 6.45) is 9.09. The van der Waals surface area contributed by atoms with Gasteiger partial charge in [0.05, 0.1) is 5.39 Å². The Kier molecular flexibility index (Phi) is 8.36. The molecule has 0 spiro atoms. The van der Waals surface area contributed by atoms with Gasteiger partial charge in [-0.2, -0.15) is 0 Å². The van der Waals surface area contributed by atoms with E-state index < -0.39 is 6.04 Å². The van der Waals surface area contributed by atoms with Crippen LogP contribution in [0.15, 0.2) is 48.8 Å². The van der Waals surface area contributed by atoms with E-state index in [9.17, 15) is 9.59 Å². The summed E-state index contributed by atoms with van der Waals surface area (Å²) in [4.78, 5) is 35.3. The largest absolute Gasteiger partial charge is 0.457 e. The average Bonchev–Trinajstić information content (AvgIpc) is 3.35. The number of nitrogens with zero attached hydrogens (tertiary/aromatic N) is 2. The minimum absolute atomic E-state index is 0.00207. The number of benzene rings is 1. The van der Waals surface area contributed by atoms with Gasteiger partial charge in [-0.3, -0.25) is 9.59 Å². The zero-order valence-corrected chi connectivity index (χ0v) is 20.5. The van der Waals surface area contributed by atoms with Gasteiger partial charge in [0.2, 0.25) is 11.8 Å². The SMILES string of the molecule is CN(C)CCNC(=O)C(Cc1ccc(Oc2ccnc3[nH]ccc23)cc1)NC(=O)C1CCCCC1. The van der Waals surface area contributed by atoms with Gasteiger partial charge in [-0.15, -0.1) is 0 Å². The first kappa shape index (κ1) is 24.7. The number of likely N-dealkylation sites (N-methyl/N-ethyl adjacent to an activating group) is 1. The maximum Gasteiger partial charge on any atom is 0.242 e. The molecular formula is C27H35N5O3. The molecule has 1 aliphatic carbocycles. The first-order chi connectivity index (χ1) is 17.0. The lowest BCUT2D eigenvalue weighted by Crippen LogP contribution is -2.50. The van der Waals surface area contributed by atoms with E-state index in [1.807, 2.05) is 61.6 Å². The van der Waals surface area contributed by atoms with Crippen LogP contribution in [0, 0.1) is 5.92 Å². The Hall–Kier alpha value is -3.39. The van der Waals surface area contributed by atoms with Crippen molar-refractivity contribution in [1.82, 2.24) is 25.5 Å². The smallest absolute Gasteiger partial charge is 0.242 e. The Labute approximate surface area is 206 Å². The van der Waals surface area contributed by atoms with Gasteiger partial charge < -0.3 is 25.3 Å². The van der Waals surface area contributed by atoms with Crippen molar-refractivity contribution in [3.63, 3.8) is 0 Å². The van der Waals surface area contributed by atoms with E-state index in [1.54, 1.807) is 6.20 Å². The number of rotatable bonds is 10. The molecule has 0 radical (unpaired) electrons. The summed E-state index contributed by atoms with van der Waals surface area (Å²) in [6, 6.07) is 10.8. The van der Waals surface area contributed by atoms with Gasteiger partial charge in [0, 0.05) is 37.8 Å². The first-order valence-electron chi connectivity index (χ1n) is 12.4. The summed E-state index contributed by atoms with van der Waals surface area (Å²) in [5.41, 5.74) is 1.73. The maximum atomic E-state index is 13.0. The standard InChI is InChI=1S/C27H35N5O3/c1-32(2)17-16-30-27(34)23(31-26(33)20-6-4-3-5-7-20)18-19-8-10-21(11-9-19)35-24-13-15-29-25-22(24)12-14-28-25/h8-15,20,23H,3-7,16-18H2,1-2H3,(H,28,29)(H,30,34)(H,31,33). The molecule has 0 aliphatic heterocycles. The van der Waals surface area contributed by atoms with Crippen LogP contribution in [0.4, 0.5) is 0 Å². The zero-order valence-electron chi connectivity index (χ0n) is 20.5. The van der Waals surface area contributed by atoms with Crippen LogP contribution in [-0.4, -0.2) is 59.9 Å². The van der Waals surface area contributed by atoms with Crippen molar-refractivity contribution >= 4 is 22.8 Å². The van der Waals surface area contributed by atoms with Crippen LogP contribution in [0.2, 0.25) is 0 Å². The van der Waals surface area contributed by atoms with Gasteiger partial charge in [0.1, 0.15) is 23.2 Å². The van der Waals surface area contributed by atoms with E-state index in [1.165, 1.54) is 6.42 Å². The van der Waals surface area contributed by atoms with Crippen LogP contribution >= 0.6 is 0 Å². The van der Waals surface area contributed by atoms with Crippen LogP contribution in [0.1, 0.15) is 37.7 Å². The van der Waals surface area contributed by atoms with Gasteiger partial charge in [-0.05, 0) is 56.8 Å². The van der Waals surface area contributed by atoms with Crippen LogP contribution in [0.5, 0.6) is 11.5 Å². The Balaban J connectivity index is 1.42. The maximum absolute atomic E-state index is 13.0. The number of pyridine rings is 1. The summed E-state index contributed by atoms with van der Waals surface area (Å²) in [6.45, 7) is 1.28. The van der Waals surface area contributed by atoms with Gasteiger partial charge in [0.25, 0.3) is 0 Å². The molecule has 2 amide bonds. The zero-order chi connectivity index (χ0) is 24.6. The highest BCUT2D eigenvalue weighted by molar-refractivity contribution is 5.88. The summed E-state index contributed by atoms with van der Waals surface area (Å²) in [5.74, 6) is 1.26. The number of ether oxygens (including phenoxy) is 1. The van der Waals surface area contributed by atoms with Crippen LogP contribution in [-0.2, 0) is 16.0 Å². The molecule has 4 rings (SSSR count). The number of nitrogens with one attached hydrogen (secondary N) is 3. The molecule has 35 heavy (non-hydrogen) atoms. The van der Waals surface area contributed by atoms with Crippen LogP contribution in [0.25, 0.3) is 11.0 Å². The number of hydrogen-bond donors (Lipinski definition) is 3. The Bertz CT molecular complexity index is 1120. The lowest BCUT2D eigenvalue weighted by atomic mass is 9.88. The fourth-order valence-corrected chi connectivity index (χ4v) is 4.47. The van der Waals surface area contributed by atoms with Crippen molar-refractivity contribution in [3.8, 4) is 11.5 Å². The van der Waals surface area contributed by atoms with Gasteiger partial charge in [-0.25, -0.2) is 4.98 Å². The van der Waals surface area contributed by atoms with E-state index in [0.717, 1.165) is 54.6 Å². The average molecular weight is 478 g/mol. The van der Waals surface area contributed by atoms with Gasteiger partial charge in [-0.1, -0.05) is 31.4 Å². The van der Waals surface area contributed by atoms with Crippen molar-refractivity contribution in [2.75, 3.05) is 27.2 Å². The highest BCUT2D eigenvalue weighted by Gasteiger charge is 2.27. The number of H-pyrrole nitrogens is 1. The molecule has 0 bridgehead atoms. The summed E-state index contributed by atoms with van der Waals surface area (Å²) < 4.78 is 6.06. The summed E-state index contributed by atoms with van der Waals surface area (Å²) in [7, 11) is 3.93. The minimum Gasteiger partial charge on any atom is -0.457 e. The topological polar surface area (TPSA) is 99.3 Å². The highest BCUT2D eigenvalue weighted by Crippen LogP contribution is 2.28. The molecule has 1 aromatic carbocycles. The van der Waals surface area contributed by atoms with E-state index in [4.69, 9.17) is 4.74 Å². The fraction of sp³-hybridized carbons (Fsp3) is 0.444. The van der Waals surface area contributed by atoms with E-state index in [-0.39, 0.29) is 17.7 Å². The van der Waals surface area contributed by atoms with Gasteiger partial charge >= 0.3 is 0 Å².